The van der Waals surface area contributed by atoms with Crippen LogP contribution in [0.1, 0.15) is 64.2 Å². The van der Waals surface area contributed by atoms with Crippen LogP contribution in [0.3, 0.4) is 0 Å². The molecule has 0 saturated heterocycles. The largest absolute Gasteiger partial charge is 0.481 e. The van der Waals surface area contributed by atoms with Crippen molar-refractivity contribution in [2.75, 3.05) is 5.75 Å². The normalized spacial score (nSPS) is 10.4. The van der Waals surface area contributed by atoms with Gasteiger partial charge in [-0.1, -0.05) is 63.0 Å². The third-order valence-corrected chi connectivity index (χ3v) is 4.78. The van der Waals surface area contributed by atoms with E-state index in [1.165, 1.54) is 50.3 Å². The molecule has 0 saturated carbocycles. The molecule has 0 aliphatic heterocycles. The lowest BCUT2D eigenvalue weighted by atomic mass is 10.1. The van der Waals surface area contributed by atoms with E-state index < -0.39 is 5.97 Å². The molecule has 0 aromatic carbocycles. The maximum atomic E-state index is 10.4. The van der Waals surface area contributed by atoms with Gasteiger partial charge >= 0.3 is 5.97 Å². The van der Waals surface area contributed by atoms with E-state index in [0.29, 0.717) is 0 Å². The topological polar surface area (TPSA) is 37.3 Å². The summed E-state index contributed by atoms with van der Waals surface area (Å²) >= 11 is 15.4. The van der Waals surface area contributed by atoms with Gasteiger partial charge in [-0.05, 0) is 25.7 Å². The molecular weight excluding hydrogens is 328 g/mol. The van der Waals surface area contributed by atoms with Crippen molar-refractivity contribution < 1.29 is 9.90 Å². The second kappa shape index (κ2) is 14.3. The first-order valence-corrected chi connectivity index (χ1v) is 9.36. The highest BCUT2D eigenvalue weighted by Gasteiger charge is 2.02. The van der Waals surface area contributed by atoms with Gasteiger partial charge in [0.15, 0.2) is 0 Å². The molecule has 0 aromatic rings. The molecule has 0 radical (unpaired) electrons. The SMILES string of the molecule is O=C(O)CSC(=S)CCCCCCCCCCC(=S)S. The van der Waals surface area contributed by atoms with Gasteiger partial charge in [-0.25, -0.2) is 0 Å². The third-order valence-electron chi connectivity index (χ3n) is 2.88. The highest BCUT2D eigenvalue weighted by atomic mass is 32.2. The Bertz CT molecular complexity index is 306. The van der Waals surface area contributed by atoms with Crippen LogP contribution in [0, 0.1) is 0 Å². The minimum atomic E-state index is -0.795. The number of thiocarbonyl (C=S) groups is 2. The quantitative estimate of drug-likeness (QED) is 0.268. The van der Waals surface area contributed by atoms with Gasteiger partial charge < -0.3 is 5.11 Å². The number of hydrogen-bond acceptors (Lipinski definition) is 4. The van der Waals surface area contributed by atoms with Crippen molar-refractivity contribution in [2.24, 2.45) is 0 Å². The van der Waals surface area contributed by atoms with Crippen LogP contribution in [0.15, 0.2) is 0 Å². The summed E-state index contributed by atoms with van der Waals surface area (Å²) < 4.78 is 1.65. The Morgan fingerprint density at radius 3 is 1.80 bits per heavy atom. The summed E-state index contributed by atoms with van der Waals surface area (Å²) in [6.07, 6.45) is 11.6. The zero-order valence-electron chi connectivity index (χ0n) is 11.8. The molecule has 0 spiro atoms. The molecule has 0 bridgehead atoms. The van der Waals surface area contributed by atoms with Crippen LogP contribution in [-0.4, -0.2) is 25.2 Å². The van der Waals surface area contributed by atoms with E-state index in [1.807, 2.05) is 0 Å². The Morgan fingerprint density at radius 1 is 0.900 bits per heavy atom. The van der Waals surface area contributed by atoms with Crippen molar-refractivity contribution in [3.05, 3.63) is 0 Å². The van der Waals surface area contributed by atoms with Gasteiger partial charge in [0.05, 0.1) is 5.75 Å². The van der Waals surface area contributed by atoms with Gasteiger partial charge in [0, 0.05) is 8.39 Å². The summed E-state index contributed by atoms with van der Waals surface area (Å²) in [5, 5.41) is 8.53. The molecule has 0 heterocycles. The third kappa shape index (κ3) is 16.4. The van der Waals surface area contributed by atoms with Crippen molar-refractivity contribution in [1.82, 2.24) is 0 Å². The van der Waals surface area contributed by atoms with Crippen LogP contribution in [0.25, 0.3) is 0 Å². The number of thiol groups is 1. The first-order valence-electron chi connectivity index (χ1n) is 7.11. The number of unbranched alkanes of at least 4 members (excludes halogenated alkanes) is 7. The molecule has 2 nitrogen and oxygen atoms in total. The minimum absolute atomic E-state index is 0.0918. The molecule has 0 rings (SSSR count). The molecule has 0 atom stereocenters. The number of carbonyl (C=O) groups is 1. The molecule has 6 heteroatoms. The van der Waals surface area contributed by atoms with E-state index in [2.05, 4.69) is 12.6 Å². The number of aliphatic carboxylic acids is 1. The van der Waals surface area contributed by atoms with Crippen LogP contribution in [-0.2, 0) is 4.79 Å². The Hall–Kier alpha value is 0.350. The highest BCUT2D eigenvalue weighted by molar-refractivity contribution is 8.23. The molecule has 0 aliphatic carbocycles. The summed E-state index contributed by atoms with van der Waals surface area (Å²) in [4.78, 5) is 10.4. The highest BCUT2D eigenvalue weighted by Crippen LogP contribution is 2.14. The monoisotopic (exact) mass is 352 g/mol. The van der Waals surface area contributed by atoms with Gasteiger partial charge in [0.1, 0.15) is 0 Å². The van der Waals surface area contributed by atoms with Gasteiger partial charge in [0.2, 0.25) is 0 Å². The predicted octanol–water partition coefficient (Wildman–Crippen LogP) is 5.29. The van der Waals surface area contributed by atoms with Gasteiger partial charge in [-0.15, -0.1) is 24.4 Å². The fraction of sp³-hybridized carbons (Fsp3) is 0.786. The number of carboxylic acids is 1. The first-order chi connectivity index (χ1) is 9.52. The summed E-state index contributed by atoms with van der Waals surface area (Å²) in [5.41, 5.74) is 0. The molecule has 0 aliphatic rings. The van der Waals surface area contributed by atoms with Gasteiger partial charge in [0.25, 0.3) is 0 Å². The van der Waals surface area contributed by atoms with Crippen molar-refractivity contribution in [3.63, 3.8) is 0 Å². The summed E-state index contributed by atoms with van der Waals surface area (Å²) in [7, 11) is 0. The van der Waals surface area contributed by atoms with E-state index in [4.69, 9.17) is 29.5 Å². The van der Waals surface area contributed by atoms with Crippen LogP contribution < -0.4 is 0 Å². The lowest BCUT2D eigenvalue weighted by Crippen LogP contribution is -2.01. The fourth-order valence-corrected chi connectivity index (χ4v) is 3.02. The smallest absolute Gasteiger partial charge is 0.313 e. The maximum absolute atomic E-state index is 10.4. The van der Waals surface area contributed by atoms with Gasteiger partial charge in [-0.2, -0.15) is 0 Å². The van der Waals surface area contributed by atoms with Crippen LogP contribution >= 0.6 is 48.8 Å². The maximum Gasteiger partial charge on any atom is 0.313 e. The number of hydrogen-bond donors (Lipinski definition) is 2. The van der Waals surface area contributed by atoms with E-state index >= 15 is 0 Å². The molecule has 116 valence electrons. The second-order valence-corrected chi connectivity index (χ2v) is 7.93. The first kappa shape index (κ1) is 20.3. The average Bonchev–Trinajstić information content (AvgIpc) is 2.38. The van der Waals surface area contributed by atoms with E-state index in [1.54, 1.807) is 0 Å². The number of thioether (sulfide) groups is 1. The molecule has 0 amide bonds. The molecule has 0 aromatic heterocycles. The van der Waals surface area contributed by atoms with E-state index in [9.17, 15) is 4.79 Å². The van der Waals surface area contributed by atoms with Crippen molar-refractivity contribution in [3.8, 4) is 0 Å². The van der Waals surface area contributed by atoms with Crippen LogP contribution in [0.5, 0.6) is 0 Å². The summed E-state index contributed by atoms with van der Waals surface area (Å²) in [6, 6.07) is 0. The Kier molecular flexibility index (Phi) is 14.5. The molecular formula is C14H24O2S4. The minimum Gasteiger partial charge on any atom is -0.481 e. The summed E-state index contributed by atoms with van der Waals surface area (Å²) in [6.45, 7) is 0. The van der Waals surface area contributed by atoms with Crippen molar-refractivity contribution in [2.45, 2.75) is 64.2 Å². The number of rotatable bonds is 13. The Morgan fingerprint density at radius 2 is 1.35 bits per heavy atom. The molecule has 0 unspecified atom stereocenters. The zero-order valence-corrected chi connectivity index (χ0v) is 15.1. The van der Waals surface area contributed by atoms with Crippen molar-refractivity contribution in [1.29, 1.82) is 0 Å². The standard InChI is InChI=1S/C14H24O2S4/c15-12(16)11-20-14(19)10-8-6-4-2-1-3-5-7-9-13(17)18/h1-11H2,(H,15,16)(H,17,18). The molecule has 1 N–H and O–H groups in total. The second-order valence-electron chi connectivity index (χ2n) is 4.78. The van der Waals surface area contributed by atoms with E-state index in [0.717, 1.165) is 34.1 Å². The lowest BCUT2D eigenvalue weighted by molar-refractivity contribution is -0.133. The number of carboxylic acid groups (broad SMARTS) is 1. The molecule has 0 fully saturated rings. The van der Waals surface area contributed by atoms with Crippen LogP contribution in [0.4, 0.5) is 0 Å². The summed E-state index contributed by atoms with van der Waals surface area (Å²) in [5.74, 6) is -0.704. The zero-order chi connectivity index (χ0) is 15.2. The van der Waals surface area contributed by atoms with Gasteiger partial charge in [-0.3, -0.25) is 4.79 Å². The van der Waals surface area contributed by atoms with Crippen molar-refractivity contribution >= 4 is 63.2 Å². The van der Waals surface area contributed by atoms with E-state index in [-0.39, 0.29) is 5.75 Å². The molecule has 20 heavy (non-hydrogen) atoms. The van der Waals surface area contributed by atoms with Crippen LogP contribution in [0.2, 0.25) is 0 Å². The fourth-order valence-electron chi connectivity index (χ4n) is 1.82. The predicted molar refractivity (Wildman–Crippen MR) is 100 cm³/mol. The average molecular weight is 353 g/mol. The lowest BCUT2D eigenvalue weighted by Gasteiger charge is -2.03. The Labute approximate surface area is 142 Å². The Balaban J connectivity index is 3.18.